The third-order valence-electron chi connectivity index (χ3n) is 3.73. The lowest BCUT2D eigenvalue weighted by Gasteiger charge is -2.19. The number of carbonyl (C=O) groups is 2. The van der Waals surface area contributed by atoms with Gasteiger partial charge in [0.15, 0.2) is 6.61 Å². The summed E-state index contributed by atoms with van der Waals surface area (Å²) in [5, 5.41) is 3.37. The molecule has 1 atom stereocenters. The van der Waals surface area contributed by atoms with Crippen LogP contribution in [0.2, 0.25) is 0 Å². The summed E-state index contributed by atoms with van der Waals surface area (Å²) in [5.74, 6) is -0.689. The van der Waals surface area contributed by atoms with Gasteiger partial charge in [-0.3, -0.25) is 4.79 Å². The lowest BCUT2D eigenvalue weighted by molar-refractivity contribution is -0.146. The van der Waals surface area contributed by atoms with Gasteiger partial charge in [0, 0.05) is 17.5 Å². The molecule has 25 heavy (non-hydrogen) atoms. The molecule has 2 aromatic rings. The molecule has 0 saturated carbocycles. The number of ether oxygens (including phenoxy) is 2. The number of benzene rings is 1. The van der Waals surface area contributed by atoms with Gasteiger partial charge in [-0.05, 0) is 30.5 Å². The molecule has 1 heterocycles. The molecule has 7 nitrogen and oxygen atoms in total. The van der Waals surface area contributed by atoms with Crippen molar-refractivity contribution in [1.82, 2.24) is 5.32 Å². The first kappa shape index (κ1) is 18.5. The van der Waals surface area contributed by atoms with E-state index in [0.29, 0.717) is 11.3 Å². The molecule has 0 aliphatic heterocycles. The molecule has 1 amide bonds. The molecular formula is C18H21NO6. The summed E-state index contributed by atoms with van der Waals surface area (Å²) >= 11 is 0. The van der Waals surface area contributed by atoms with Crippen LogP contribution < -0.4 is 15.7 Å². The molecule has 134 valence electrons. The molecule has 0 bridgehead atoms. The molecular weight excluding hydrogens is 326 g/mol. The van der Waals surface area contributed by atoms with Gasteiger partial charge in [0.1, 0.15) is 17.4 Å². The molecule has 2 rings (SSSR count). The zero-order valence-electron chi connectivity index (χ0n) is 14.6. The van der Waals surface area contributed by atoms with Crippen molar-refractivity contribution in [2.45, 2.75) is 26.8 Å². The normalized spacial score (nSPS) is 12.0. The summed E-state index contributed by atoms with van der Waals surface area (Å²) in [6.45, 7) is 5.14. The Morgan fingerprint density at radius 3 is 2.60 bits per heavy atom. The second kappa shape index (κ2) is 7.83. The highest BCUT2D eigenvalue weighted by molar-refractivity contribution is 5.85. The van der Waals surface area contributed by atoms with E-state index in [-0.39, 0.29) is 12.5 Å². The summed E-state index contributed by atoms with van der Waals surface area (Å²) in [5.41, 5.74) is 0.740. The van der Waals surface area contributed by atoms with Crippen LogP contribution in [-0.4, -0.2) is 31.6 Å². The molecule has 0 saturated heterocycles. The minimum atomic E-state index is -0.738. The van der Waals surface area contributed by atoms with Crippen molar-refractivity contribution in [2.75, 3.05) is 13.7 Å². The summed E-state index contributed by atoms with van der Waals surface area (Å²) in [7, 11) is 1.27. The van der Waals surface area contributed by atoms with Crippen LogP contribution in [0, 0.1) is 12.8 Å². The van der Waals surface area contributed by atoms with Crippen LogP contribution in [0.4, 0.5) is 0 Å². The number of carbonyl (C=O) groups excluding carboxylic acids is 2. The van der Waals surface area contributed by atoms with E-state index in [1.54, 1.807) is 32.0 Å². The van der Waals surface area contributed by atoms with Gasteiger partial charge in [0.25, 0.3) is 5.91 Å². The van der Waals surface area contributed by atoms with Gasteiger partial charge >= 0.3 is 11.6 Å². The van der Waals surface area contributed by atoms with Crippen molar-refractivity contribution in [3.05, 3.63) is 40.2 Å². The molecule has 0 spiro atoms. The Hall–Kier alpha value is -2.83. The molecule has 1 aromatic heterocycles. The Balaban J connectivity index is 2.05. The summed E-state index contributed by atoms with van der Waals surface area (Å²) in [6.07, 6.45) is 0. The Morgan fingerprint density at radius 1 is 1.24 bits per heavy atom. The van der Waals surface area contributed by atoms with E-state index >= 15 is 0 Å². The number of hydrogen-bond acceptors (Lipinski definition) is 6. The second-order valence-corrected chi connectivity index (χ2v) is 6.01. The maximum Gasteiger partial charge on any atom is 0.336 e. The predicted octanol–water partition coefficient (Wildman–Crippen LogP) is 1.79. The fourth-order valence-electron chi connectivity index (χ4n) is 2.38. The van der Waals surface area contributed by atoms with Crippen LogP contribution in [0.15, 0.2) is 33.5 Å². The highest BCUT2D eigenvalue weighted by atomic mass is 16.5. The van der Waals surface area contributed by atoms with Crippen LogP contribution in [0.25, 0.3) is 11.0 Å². The number of rotatable bonds is 6. The largest absolute Gasteiger partial charge is 0.484 e. The summed E-state index contributed by atoms with van der Waals surface area (Å²) in [4.78, 5) is 35.1. The van der Waals surface area contributed by atoms with Crippen LogP contribution in [0.3, 0.4) is 0 Å². The molecule has 7 heteroatoms. The molecule has 1 N–H and O–H groups in total. The minimum Gasteiger partial charge on any atom is -0.484 e. The Labute approximate surface area is 144 Å². The maximum absolute atomic E-state index is 12.0. The van der Waals surface area contributed by atoms with E-state index in [2.05, 4.69) is 10.1 Å². The van der Waals surface area contributed by atoms with Crippen LogP contribution in [0.1, 0.15) is 19.4 Å². The molecule has 0 aliphatic carbocycles. The zero-order chi connectivity index (χ0) is 18.6. The van der Waals surface area contributed by atoms with Crippen LogP contribution >= 0.6 is 0 Å². The quantitative estimate of drug-likeness (QED) is 0.632. The maximum atomic E-state index is 12.0. The summed E-state index contributed by atoms with van der Waals surface area (Å²) < 4.78 is 15.2. The molecule has 1 unspecified atom stereocenters. The first-order chi connectivity index (χ1) is 11.8. The lowest BCUT2D eigenvalue weighted by Crippen LogP contribution is -2.46. The Bertz CT molecular complexity index is 839. The Morgan fingerprint density at radius 2 is 1.96 bits per heavy atom. The van der Waals surface area contributed by atoms with E-state index in [4.69, 9.17) is 9.15 Å². The average Bonchev–Trinajstić information content (AvgIpc) is 2.56. The van der Waals surface area contributed by atoms with Crippen molar-refractivity contribution in [1.29, 1.82) is 0 Å². The number of fused-ring (bicyclic) bond motifs is 1. The second-order valence-electron chi connectivity index (χ2n) is 6.01. The van der Waals surface area contributed by atoms with E-state index in [1.165, 1.54) is 13.2 Å². The number of esters is 1. The fourth-order valence-corrected chi connectivity index (χ4v) is 2.38. The topological polar surface area (TPSA) is 94.8 Å². The molecule has 1 aromatic carbocycles. The zero-order valence-corrected chi connectivity index (χ0v) is 14.6. The number of amides is 1. The Kier molecular flexibility index (Phi) is 5.80. The van der Waals surface area contributed by atoms with Gasteiger partial charge in [0.05, 0.1) is 7.11 Å². The first-order valence-electron chi connectivity index (χ1n) is 7.86. The number of nitrogens with one attached hydrogen (secondary N) is 1. The van der Waals surface area contributed by atoms with Gasteiger partial charge in [-0.25, -0.2) is 9.59 Å². The van der Waals surface area contributed by atoms with E-state index in [1.807, 2.05) is 6.92 Å². The standard InChI is InChI=1S/C18H21NO6/c1-10(2)17(18(22)23-4)19-15(20)9-24-12-5-6-13-11(3)7-16(21)25-14(13)8-12/h5-8,10,17H,9H2,1-4H3,(H,19,20). The predicted molar refractivity (Wildman–Crippen MR) is 91.5 cm³/mol. The SMILES string of the molecule is COC(=O)C(NC(=O)COc1ccc2c(C)cc(=O)oc2c1)C(C)C. The number of hydrogen-bond donors (Lipinski definition) is 1. The molecule has 0 radical (unpaired) electrons. The lowest BCUT2D eigenvalue weighted by atomic mass is 10.0. The van der Waals surface area contributed by atoms with Gasteiger partial charge in [-0.15, -0.1) is 0 Å². The van der Waals surface area contributed by atoms with Gasteiger partial charge in [0.2, 0.25) is 0 Å². The average molecular weight is 347 g/mol. The number of methoxy groups -OCH3 is 1. The fraction of sp³-hybridized carbons (Fsp3) is 0.389. The smallest absolute Gasteiger partial charge is 0.336 e. The van der Waals surface area contributed by atoms with E-state index in [0.717, 1.165) is 10.9 Å². The van der Waals surface area contributed by atoms with Crippen molar-refractivity contribution >= 4 is 22.8 Å². The van der Waals surface area contributed by atoms with E-state index in [9.17, 15) is 14.4 Å². The van der Waals surface area contributed by atoms with Crippen molar-refractivity contribution < 1.29 is 23.5 Å². The molecule has 0 aliphatic rings. The van der Waals surface area contributed by atoms with Crippen molar-refractivity contribution in [3.8, 4) is 5.75 Å². The monoisotopic (exact) mass is 347 g/mol. The highest BCUT2D eigenvalue weighted by Gasteiger charge is 2.24. The van der Waals surface area contributed by atoms with Crippen molar-refractivity contribution in [2.24, 2.45) is 5.92 Å². The van der Waals surface area contributed by atoms with Gasteiger partial charge < -0.3 is 19.2 Å². The van der Waals surface area contributed by atoms with Gasteiger partial charge in [-0.2, -0.15) is 0 Å². The third kappa shape index (κ3) is 4.59. The number of aryl methyl sites for hydroxylation is 1. The van der Waals surface area contributed by atoms with E-state index < -0.39 is 23.5 Å². The van der Waals surface area contributed by atoms with Crippen molar-refractivity contribution in [3.63, 3.8) is 0 Å². The van der Waals surface area contributed by atoms with Gasteiger partial charge in [-0.1, -0.05) is 13.8 Å². The summed E-state index contributed by atoms with van der Waals surface area (Å²) in [6, 6.07) is 5.67. The first-order valence-corrected chi connectivity index (χ1v) is 7.86. The minimum absolute atomic E-state index is 0.116. The highest BCUT2D eigenvalue weighted by Crippen LogP contribution is 2.22. The third-order valence-corrected chi connectivity index (χ3v) is 3.73. The molecule has 0 fully saturated rings. The van der Waals surface area contributed by atoms with Crippen LogP contribution in [-0.2, 0) is 14.3 Å². The van der Waals surface area contributed by atoms with Crippen LogP contribution in [0.5, 0.6) is 5.75 Å².